The Balaban J connectivity index is 1.86. The molecule has 3 N–H and O–H groups in total. The quantitative estimate of drug-likeness (QED) is 0.266. The van der Waals surface area contributed by atoms with Gasteiger partial charge in [-0.3, -0.25) is 4.79 Å². The minimum absolute atomic E-state index is 0.0284. The fraction of sp³-hybridized carbons (Fsp3) is 0.310. The lowest BCUT2D eigenvalue weighted by Gasteiger charge is -2.34. The molecule has 0 saturated heterocycles. The van der Waals surface area contributed by atoms with E-state index in [2.05, 4.69) is 34.3 Å². The van der Waals surface area contributed by atoms with Crippen LogP contribution in [0.15, 0.2) is 71.2 Å². The van der Waals surface area contributed by atoms with Gasteiger partial charge in [0, 0.05) is 23.1 Å². The van der Waals surface area contributed by atoms with E-state index in [9.17, 15) is 9.90 Å². The van der Waals surface area contributed by atoms with Gasteiger partial charge in [-0.05, 0) is 73.8 Å². The summed E-state index contributed by atoms with van der Waals surface area (Å²) in [5.41, 5.74) is 10.4. The van der Waals surface area contributed by atoms with Crippen molar-refractivity contribution in [1.29, 1.82) is 0 Å². The van der Waals surface area contributed by atoms with Crippen LogP contribution in [0.3, 0.4) is 0 Å². The van der Waals surface area contributed by atoms with Crippen molar-refractivity contribution in [3.05, 3.63) is 93.7 Å². The van der Waals surface area contributed by atoms with E-state index in [0.717, 1.165) is 32.5 Å². The molecule has 0 aliphatic carbocycles. The number of imidazole rings is 1. The predicted molar refractivity (Wildman–Crippen MR) is 148 cm³/mol. The number of nitrogens with two attached hydrogens (primary N) is 1. The summed E-state index contributed by atoms with van der Waals surface area (Å²) in [5.74, 6) is 1.11. The minimum atomic E-state index is -0.270. The summed E-state index contributed by atoms with van der Waals surface area (Å²) < 4.78 is 3.11. The second-order valence-electron chi connectivity index (χ2n) is 9.55. The number of carbonyl (C=O) groups excluding carboxylic acids is 1. The van der Waals surface area contributed by atoms with Crippen LogP contribution in [-0.4, -0.2) is 38.6 Å². The lowest BCUT2D eigenvalue weighted by Crippen LogP contribution is -2.40. The van der Waals surface area contributed by atoms with Crippen LogP contribution in [0.4, 0.5) is 0 Å². The van der Waals surface area contributed by atoms with Gasteiger partial charge < -0.3 is 20.3 Å². The number of aryl methyl sites for hydroxylation is 1. The molecule has 3 aromatic carbocycles. The molecule has 0 aliphatic rings. The largest absolute Gasteiger partial charge is 0.508 e. The highest BCUT2D eigenvalue weighted by atomic mass is 79.9. The number of phenolic OH excluding ortho intramolecular Hbond substituents is 1. The van der Waals surface area contributed by atoms with Crippen LogP contribution < -0.4 is 5.73 Å². The number of halogens is 1. The summed E-state index contributed by atoms with van der Waals surface area (Å²) in [7, 11) is 0. The summed E-state index contributed by atoms with van der Waals surface area (Å²) >= 11 is 3.57. The maximum absolute atomic E-state index is 13.9. The number of aromatic hydroxyl groups is 1. The Morgan fingerprint density at radius 2 is 1.86 bits per heavy atom. The normalized spacial score (nSPS) is 12.3. The fourth-order valence-corrected chi connectivity index (χ4v) is 4.99. The van der Waals surface area contributed by atoms with Gasteiger partial charge in [-0.15, -0.1) is 0 Å². The Kier molecular flexibility index (Phi) is 8.11. The first kappa shape index (κ1) is 25.9. The Bertz CT molecular complexity index is 1350. The number of phenols is 1. The molecule has 36 heavy (non-hydrogen) atoms. The van der Waals surface area contributed by atoms with E-state index < -0.39 is 0 Å². The number of carbonyl (C=O) groups is 1. The number of amides is 1. The molecule has 4 rings (SSSR count). The Labute approximate surface area is 220 Å². The van der Waals surface area contributed by atoms with Gasteiger partial charge in [-0.2, -0.15) is 0 Å². The summed E-state index contributed by atoms with van der Waals surface area (Å²) in [6, 6.07) is 20.7. The lowest BCUT2D eigenvalue weighted by atomic mass is 9.99. The Morgan fingerprint density at radius 1 is 1.11 bits per heavy atom. The number of nitrogens with zero attached hydrogens (tertiary/aromatic N) is 3. The second kappa shape index (κ2) is 11.3. The highest BCUT2D eigenvalue weighted by Crippen LogP contribution is 2.34. The van der Waals surface area contributed by atoms with Crippen LogP contribution in [0.2, 0.25) is 0 Å². The molecule has 1 aromatic heterocycles. The number of hydrogen-bond acceptors (Lipinski definition) is 4. The summed E-state index contributed by atoms with van der Waals surface area (Å²) in [4.78, 5) is 20.9. The number of hydrogen-bond donors (Lipinski definition) is 2. The van der Waals surface area contributed by atoms with E-state index in [4.69, 9.17) is 10.7 Å². The van der Waals surface area contributed by atoms with Crippen LogP contribution in [0, 0.1) is 12.8 Å². The molecule has 0 bridgehead atoms. The molecule has 0 fully saturated rings. The summed E-state index contributed by atoms with van der Waals surface area (Å²) in [5, 5.41) is 10.1. The first-order valence-corrected chi connectivity index (χ1v) is 13.1. The zero-order chi connectivity index (χ0) is 25.8. The third-order valence-corrected chi connectivity index (χ3v) is 6.88. The first-order chi connectivity index (χ1) is 17.3. The molecule has 0 unspecified atom stereocenters. The topological polar surface area (TPSA) is 84.4 Å². The molecule has 1 atom stereocenters. The van der Waals surface area contributed by atoms with E-state index in [1.165, 1.54) is 0 Å². The van der Waals surface area contributed by atoms with Crippen LogP contribution in [-0.2, 0) is 6.54 Å². The smallest absolute Gasteiger partial charge is 0.254 e. The van der Waals surface area contributed by atoms with Gasteiger partial charge in [0.2, 0.25) is 0 Å². The van der Waals surface area contributed by atoms with Crippen molar-refractivity contribution in [2.45, 2.75) is 39.8 Å². The van der Waals surface area contributed by atoms with Crippen molar-refractivity contribution < 1.29 is 9.90 Å². The molecule has 4 aromatic rings. The van der Waals surface area contributed by atoms with Crippen molar-refractivity contribution in [1.82, 2.24) is 14.5 Å². The Hall–Kier alpha value is -3.16. The Morgan fingerprint density at radius 3 is 2.53 bits per heavy atom. The predicted octanol–water partition coefficient (Wildman–Crippen LogP) is 6.05. The van der Waals surface area contributed by atoms with Crippen molar-refractivity contribution in [2.75, 3.05) is 13.1 Å². The van der Waals surface area contributed by atoms with Crippen LogP contribution >= 0.6 is 15.9 Å². The summed E-state index contributed by atoms with van der Waals surface area (Å²) in [6.07, 6.45) is 0.694. The van der Waals surface area contributed by atoms with Gasteiger partial charge in [0.15, 0.2) is 0 Å². The zero-order valence-electron chi connectivity index (χ0n) is 21.0. The monoisotopic (exact) mass is 548 g/mol. The van der Waals surface area contributed by atoms with E-state index in [0.29, 0.717) is 31.6 Å². The van der Waals surface area contributed by atoms with E-state index in [1.807, 2.05) is 66.4 Å². The molecule has 7 heteroatoms. The highest BCUT2D eigenvalue weighted by Gasteiger charge is 2.32. The molecule has 1 heterocycles. The summed E-state index contributed by atoms with van der Waals surface area (Å²) in [6.45, 7) is 7.81. The van der Waals surface area contributed by atoms with E-state index >= 15 is 0 Å². The fourth-order valence-electron chi connectivity index (χ4n) is 4.64. The van der Waals surface area contributed by atoms with E-state index in [-0.39, 0.29) is 23.6 Å². The number of aromatic nitrogens is 2. The molecule has 0 aliphatic heterocycles. The highest BCUT2D eigenvalue weighted by molar-refractivity contribution is 9.10. The molecule has 6 nitrogen and oxygen atoms in total. The standard InChI is InChI=1S/C29H33BrN4O2/c1-19(2)27(33(15-5-14-31)29(36)22-10-8-20(3)9-11-22)28-32-25-17-23(30)12-13-26(25)34(28)18-21-6-4-7-24(35)16-21/h4,6-13,16-17,19,27,35H,5,14-15,18,31H2,1-3H3/t27-/m1/s1. The van der Waals surface area contributed by atoms with Crippen molar-refractivity contribution >= 4 is 32.9 Å². The zero-order valence-corrected chi connectivity index (χ0v) is 22.6. The molecule has 0 radical (unpaired) electrons. The average molecular weight is 550 g/mol. The van der Waals surface area contributed by atoms with Crippen molar-refractivity contribution in [3.63, 3.8) is 0 Å². The van der Waals surface area contributed by atoms with Gasteiger partial charge in [0.05, 0.1) is 17.1 Å². The molecular formula is C29H33BrN4O2. The number of fused-ring (bicyclic) bond motifs is 1. The van der Waals surface area contributed by atoms with Crippen LogP contribution in [0.5, 0.6) is 5.75 Å². The number of rotatable bonds is 9. The maximum atomic E-state index is 13.9. The van der Waals surface area contributed by atoms with Gasteiger partial charge in [-0.25, -0.2) is 4.98 Å². The van der Waals surface area contributed by atoms with Gasteiger partial charge in [-0.1, -0.05) is 59.6 Å². The molecular weight excluding hydrogens is 516 g/mol. The SMILES string of the molecule is Cc1ccc(C(=O)N(CCCN)[C@@H](c2nc3cc(Br)ccc3n2Cc2cccc(O)c2)C(C)C)cc1. The molecule has 0 saturated carbocycles. The van der Waals surface area contributed by atoms with Gasteiger partial charge >= 0.3 is 0 Å². The minimum Gasteiger partial charge on any atom is -0.508 e. The number of benzene rings is 3. The van der Waals surface area contributed by atoms with Crippen LogP contribution in [0.1, 0.15) is 53.6 Å². The average Bonchev–Trinajstić information content (AvgIpc) is 3.18. The van der Waals surface area contributed by atoms with Gasteiger partial charge in [0.1, 0.15) is 11.6 Å². The van der Waals surface area contributed by atoms with E-state index in [1.54, 1.807) is 12.1 Å². The van der Waals surface area contributed by atoms with Crippen molar-refractivity contribution in [2.24, 2.45) is 11.7 Å². The maximum Gasteiger partial charge on any atom is 0.254 e. The second-order valence-corrected chi connectivity index (χ2v) is 10.5. The lowest BCUT2D eigenvalue weighted by molar-refractivity contribution is 0.0605. The van der Waals surface area contributed by atoms with Gasteiger partial charge in [0.25, 0.3) is 5.91 Å². The molecule has 0 spiro atoms. The third-order valence-electron chi connectivity index (χ3n) is 6.39. The molecule has 1 amide bonds. The van der Waals surface area contributed by atoms with Crippen molar-refractivity contribution in [3.8, 4) is 5.75 Å². The van der Waals surface area contributed by atoms with Crippen LogP contribution in [0.25, 0.3) is 11.0 Å². The third kappa shape index (κ3) is 5.63. The molecule has 188 valence electrons. The first-order valence-electron chi connectivity index (χ1n) is 12.3.